The van der Waals surface area contributed by atoms with Gasteiger partial charge in [-0.2, -0.15) is 0 Å². The Kier molecular flexibility index (Phi) is 7.16. The van der Waals surface area contributed by atoms with Gasteiger partial charge in [0.2, 0.25) is 11.8 Å². The summed E-state index contributed by atoms with van der Waals surface area (Å²) in [6.45, 7) is 7.86. The fourth-order valence-electron chi connectivity index (χ4n) is 2.03. The lowest BCUT2D eigenvalue weighted by atomic mass is 10.1. The highest BCUT2D eigenvalue weighted by atomic mass is 16.5. The minimum Gasteiger partial charge on any atom is -0.497 e. The Bertz CT molecular complexity index is 511. The Labute approximate surface area is 132 Å². The van der Waals surface area contributed by atoms with Crippen molar-refractivity contribution in [3.8, 4) is 5.75 Å². The van der Waals surface area contributed by atoms with Crippen molar-refractivity contribution in [2.45, 2.75) is 32.9 Å². The number of hydrogen-bond acceptors (Lipinski definition) is 3. The van der Waals surface area contributed by atoms with Crippen LogP contribution in [0, 0.1) is 0 Å². The lowest BCUT2D eigenvalue weighted by molar-refractivity contribution is -0.140. The van der Waals surface area contributed by atoms with Crippen molar-refractivity contribution in [3.05, 3.63) is 42.5 Å². The molecule has 5 heteroatoms. The average molecular weight is 304 g/mol. The molecule has 22 heavy (non-hydrogen) atoms. The summed E-state index contributed by atoms with van der Waals surface area (Å²) in [4.78, 5) is 25.8. The summed E-state index contributed by atoms with van der Waals surface area (Å²) in [7, 11) is 1.61. The van der Waals surface area contributed by atoms with Crippen LogP contribution in [0.3, 0.4) is 0 Å². The highest BCUT2D eigenvalue weighted by molar-refractivity contribution is 5.87. The van der Waals surface area contributed by atoms with Crippen LogP contribution < -0.4 is 10.1 Å². The summed E-state index contributed by atoms with van der Waals surface area (Å²) in [5.74, 6) is 0.515. The molecule has 5 nitrogen and oxygen atoms in total. The minimum atomic E-state index is -0.533. The summed E-state index contributed by atoms with van der Waals surface area (Å²) >= 11 is 0. The third-order valence-corrected chi connectivity index (χ3v) is 3.40. The number of benzene rings is 1. The van der Waals surface area contributed by atoms with Gasteiger partial charge in [0.1, 0.15) is 11.8 Å². The molecular weight excluding hydrogens is 280 g/mol. The molecule has 1 rings (SSSR count). The summed E-state index contributed by atoms with van der Waals surface area (Å²) in [6, 6.07) is 6.93. The number of hydrogen-bond donors (Lipinski definition) is 1. The fourth-order valence-corrected chi connectivity index (χ4v) is 2.03. The molecule has 0 bridgehead atoms. The molecule has 1 aromatic carbocycles. The molecule has 120 valence electrons. The summed E-state index contributed by atoms with van der Waals surface area (Å²) < 4.78 is 5.12. The van der Waals surface area contributed by atoms with E-state index in [2.05, 4.69) is 11.9 Å². The van der Waals surface area contributed by atoms with Crippen molar-refractivity contribution in [2.75, 3.05) is 13.7 Å². The first-order chi connectivity index (χ1) is 10.5. The second kappa shape index (κ2) is 8.87. The maximum absolute atomic E-state index is 12.2. The molecule has 2 amide bonds. The van der Waals surface area contributed by atoms with Gasteiger partial charge >= 0.3 is 0 Å². The van der Waals surface area contributed by atoms with Gasteiger partial charge in [-0.1, -0.05) is 25.1 Å². The van der Waals surface area contributed by atoms with Gasteiger partial charge in [-0.3, -0.25) is 9.59 Å². The van der Waals surface area contributed by atoms with Gasteiger partial charge < -0.3 is 15.0 Å². The molecule has 1 aromatic rings. The van der Waals surface area contributed by atoms with Gasteiger partial charge in [-0.05, 0) is 24.6 Å². The Morgan fingerprint density at radius 1 is 1.36 bits per heavy atom. The minimum absolute atomic E-state index is 0.0583. The van der Waals surface area contributed by atoms with Gasteiger partial charge in [0.15, 0.2) is 0 Å². The first-order valence-corrected chi connectivity index (χ1v) is 7.34. The van der Waals surface area contributed by atoms with Gasteiger partial charge in [-0.15, -0.1) is 6.58 Å². The molecule has 0 aromatic heterocycles. The number of carbonyl (C=O) groups excluding carboxylic acids is 2. The van der Waals surface area contributed by atoms with Crippen LogP contribution >= 0.6 is 0 Å². The van der Waals surface area contributed by atoms with Crippen LogP contribution in [-0.4, -0.2) is 36.4 Å². The van der Waals surface area contributed by atoms with Crippen molar-refractivity contribution in [1.29, 1.82) is 0 Å². The van der Waals surface area contributed by atoms with E-state index in [-0.39, 0.29) is 11.8 Å². The molecule has 0 spiro atoms. The summed E-state index contributed by atoms with van der Waals surface area (Å²) in [5.41, 5.74) is 0.950. The van der Waals surface area contributed by atoms with Crippen LogP contribution in [0.5, 0.6) is 5.75 Å². The van der Waals surface area contributed by atoms with Crippen LogP contribution in [0.4, 0.5) is 0 Å². The van der Waals surface area contributed by atoms with E-state index in [0.717, 1.165) is 11.3 Å². The fraction of sp³-hybridized carbons (Fsp3) is 0.412. The number of carbonyl (C=O) groups is 2. The standard InChI is InChI=1S/C17H24N2O3/c1-5-11-18-17(21)13(3)19(16(20)6-2)12-14-7-9-15(22-4)10-8-14/h5,7-10,13H,1,6,11-12H2,2-4H3,(H,18,21)/t13-/m0/s1. The zero-order valence-electron chi connectivity index (χ0n) is 13.5. The average Bonchev–Trinajstić information content (AvgIpc) is 2.56. The molecule has 0 saturated heterocycles. The van der Waals surface area contributed by atoms with Crippen molar-refractivity contribution < 1.29 is 14.3 Å². The van der Waals surface area contributed by atoms with E-state index in [1.807, 2.05) is 24.3 Å². The predicted octanol–water partition coefficient (Wildman–Crippen LogP) is 2.12. The van der Waals surface area contributed by atoms with E-state index in [1.165, 1.54) is 0 Å². The molecule has 0 aliphatic carbocycles. The summed E-state index contributed by atoms with van der Waals surface area (Å²) in [5, 5.41) is 2.72. The first-order valence-electron chi connectivity index (χ1n) is 7.34. The quantitative estimate of drug-likeness (QED) is 0.748. The highest BCUT2D eigenvalue weighted by Crippen LogP contribution is 2.15. The third kappa shape index (κ3) is 4.91. The van der Waals surface area contributed by atoms with Crippen LogP contribution in [0.2, 0.25) is 0 Å². The Morgan fingerprint density at radius 3 is 2.50 bits per heavy atom. The molecule has 0 aliphatic rings. The van der Waals surface area contributed by atoms with Crippen LogP contribution in [0.15, 0.2) is 36.9 Å². The zero-order valence-corrected chi connectivity index (χ0v) is 13.5. The molecule has 0 aliphatic heterocycles. The molecule has 1 N–H and O–H groups in total. The van der Waals surface area contributed by atoms with Gasteiger partial charge in [0.25, 0.3) is 0 Å². The largest absolute Gasteiger partial charge is 0.497 e. The number of rotatable bonds is 8. The van der Waals surface area contributed by atoms with E-state index in [9.17, 15) is 9.59 Å². The molecule has 0 unspecified atom stereocenters. The topological polar surface area (TPSA) is 58.6 Å². The number of nitrogens with one attached hydrogen (secondary N) is 1. The zero-order chi connectivity index (χ0) is 16.5. The monoisotopic (exact) mass is 304 g/mol. The number of nitrogens with zero attached hydrogens (tertiary/aromatic N) is 1. The maximum Gasteiger partial charge on any atom is 0.242 e. The van der Waals surface area contributed by atoms with Gasteiger partial charge in [0, 0.05) is 19.5 Å². The molecule has 1 atom stereocenters. The predicted molar refractivity (Wildman–Crippen MR) is 86.5 cm³/mol. The van der Waals surface area contributed by atoms with E-state index in [4.69, 9.17) is 4.74 Å². The van der Waals surface area contributed by atoms with Crippen molar-refractivity contribution >= 4 is 11.8 Å². The van der Waals surface area contributed by atoms with Gasteiger partial charge in [-0.25, -0.2) is 0 Å². The number of ether oxygens (including phenoxy) is 1. The van der Waals surface area contributed by atoms with Crippen molar-refractivity contribution in [1.82, 2.24) is 10.2 Å². The third-order valence-electron chi connectivity index (χ3n) is 3.40. The van der Waals surface area contributed by atoms with Crippen molar-refractivity contribution in [3.63, 3.8) is 0 Å². The molecule has 0 radical (unpaired) electrons. The normalized spacial score (nSPS) is 11.4. The highest BCUT2D eigenvalue weighted by Gasteiger charge is 2.24. The Hall–Kier alpha value is -2.30. The van der Waals surface area contributed by atoms with Gasteiger partial charge in [0.05, 0.1) is 7.11 Å². The Morgan fingerprint density at radius 2 is 2.00 bits per heavy atom. The first kappa shape index (κ1) is 17.8. The molecule has 0 saturated carbocycles. The second-order valence-corrected chi connectivity index (χ2v) is 4.93. The van der Waals surface area contributed by atoms with Crippen LogP contribution in [0.1, 0.15) is 25.8 Å². The maximum atomic E-state index is 12.2. The number of amides is 2. The second-order valence-electron chi connectivity index (χ2n) is 4.93. The van der Waals surface area contributed by atoms with Crippen LogP contribution in [0.25, 0.3) is 0 Å². The van der Waals surface area contributed by atoms with E-state index in [0.29, 0.717) is 19.5 Å². The van der Waals surface area contributed by atoms with E-state index in [1.54, 1.807) is 31.9 Å². The molecular formula is C17H24N2O3. The SMILES string of the molecule is C=CCNC(=O)[C@H](C)N(Cc1ccc(OC)cc1)C(=O)CC. The van der Waals surface area contributed by atoms with E-state index >= 15 is 0 Å². The van der Waals surface area contributed by atoms with Crippen LogP contribution in [-0.2, 0) is 16.1 Å². The van der Waals surface area contributed by atoms with Crippen molar-refractivity contribution in [2.24, 2.45) is 0 Å². The molecule has 0 fully saturated rings. The summed E-state index contributed by atoms with van der Waals surface area (Å²) in [6.07, 6.45) is 1.97. The lowest BCUT2D eigenvalue weighted by Crippen LogP contribution is -2.47. The smallest absolute Gasteiger partial charge is 0.242 e. The lowest BCUT2D eigenvalue weighted by Gasteiger charge is -2.28. The van der Waals surface area contributed by atoms with E-state index < -0.39 is 6.04 Å². The number of methoxy groups -OCH3 is 1. The molecule has 0 heterocycles. The Balaban J connectivity index is 2.85.